The largest absolute Gasteiger partial charge is 0.481 e. The van der Waals surface area contributed by atoms with Crippen molar-refractivity contribution >= 4 is 5.97 Å². The molecule has 1 aliphatic heterocycles. The van der Waals surface area contributed by atoms with Crippen molar-refractivity contribution in [3.8, 4) is 0 Å². The monoisotopic (exact) mass is 275 g/mol. The summed E-state index contributed by atoms with van der Waals surface area (Å²) >= 11 is 0. The van der Waals surface area contributed by atoms with E-state index in [1.54, 1.807) is 0 Å². The quantitative estimate of drug-likeness (QED) is 0.866. The predicted molar refractivity (Wildman–Crippen MR) is 80.8 cm³/mol. The first-order valence-corrected chi connectivity index (χ1v) is 7.66. The average molecular weight is 275 g/mol. The molecule has 1 N–H and O–H groups in total. The standard InChI is InChI=1S/C17H25NO2/c1-2-9-17(16(19)20)10-13-18(14-11-17)12-8-15-6-4-3-5-7-15/h3-7H,2,8-14H2,1H3,(H,19,20). The number of nitrogens with zero attached hydrogens (tertiary/aromatic N) is 1. The van der Waals surface area contributed by atoms with E-state index in [-0.39, 0.29) is 0 Å². The van der Waals surface area contributed by atoms with E-state index in [0.717, 1.165) is 51.7 Å². The topological polar surface area (TPSA) is 40.5 Å². The van der Waals surface area contributed by atoms with Crippen LogP contribution in [0.25, 0.3) is 0 Å². The maximum atomic E-state index is 11.5. The summed E-state index contributed by atoms with van der Waals surface area (Å²) in [7, 11) is 0. The normalized spacial score (nSPS) is 18.9. The molecule has 1 saturated heterocycles. The van der Waals surface area contributed by atoms with Gasteiger partial charge in [-0.1, -0.05) is 43.7 Å². The minimum atomic E-state index is -0.595. The van der Waals surface area contributed by atoms with Crippen LogP contribution in [0.2, 0.25) is 0 Å². The number of carboxylic acids is 1. The highest BCUT2D eigenvalue weighted by Gasteiger charge is 2.40. The molecule has 0 atom stereocenters. The first kappa shape index (κ1) is 15.0. The third-order valence-corrected chi connectivity index (χ3v) is 4.55. The van der Waals surface area contributed by atoms with Gasteiger partial charge in [-0.2, -0.15) is 0 Å². The molecule has 2 rings (SSSR count). The number of carbonyl (C=O) groups is 1. The highest BCUT2D eigenvalue weighted by Crippen LogP contribution is 2.36. The molecule has 1 heterocycles. The molecule has 1 fully saturated rings. The Hall–Kier alpha value is -1.35. The molecule has 0 saturated carbocycles. The van der Waals surface area contributed by atoms with Crippen molar-refractivity contribution in [2.75, 3.05) is 19.6 Å². The summed E-state index contributed by atoms with van der Waals surface area (Å²) in [6, 6.07) is 10.5. The number of aliphatic carboxylic acids is 1. The molecular formula is C17H25NO2. The van der Waals surface area contributed by atoms with E-state index in [2.05, 4.69) is 36.1 Å². The van der Waals surface area contributed by atoms with Crippen LogP contribution < -0.4 is 0 Å². The van der Waals surface area contributed by atoms with Gasteiger partial charge < -0.3 is 10.0 Å². The number of likely N-dealkylation sites (tertiary alicyclic amines) is 1. The van der Waals surface area contributed by atoms with Gasteiger partial charge in [0.1, 0.15) is 0 Å². The van der Waals surface area contributed by atoms with Crippen LogP contribution in [0, 0.1) is 5.41 Å². The summed E-state index contributed by atoms with van der Waals surface area (Å²) in [4.78, 5) is 13.9. The summed E-state index contributed by atoms with van der Waals surface area (Å²) < 4.78 is 0. The highest BCUT2D eigenvalue weighted by molar-refractivity contribution is 5.74. The summed E-state index contributed by atoms with van der Waals surface area (Å²) in [5, 5.41) is 9.50. The van der Waals surface area contributed by atoms with Gasteiger partial charge in [0.15, 0.2) is 0 Å². The zero-order valence-corrected chi connectivity index (χ0v) is 12.3. The molecular weight excluding hydrogens is 250 g/mol. The van der Waals surface area contributed by atoms with Crippen molar-refractivity contribution in [2.24, 2.45) is 5.41 Å². The highest BCUT2D eigenvalue weighted by atomic mass is 16.4. The van der Waals surface area contributed by atoms with Gasteiger partial charge in [-0.3, -0.25) is 4.79 Å². The van der Waals surface area contributed by atoms with Crippen molar-refractivity contribution < 1.29 is 9.90 Å². The lowest BCUT2D eigenvalue weighted by atomic mass is 9.75. The molecule has 0 spiro atoms. The van der Waals surface area contributed by atoms with Gasteiger partial charge in [0.2, 0.25) is 0 Å². The zero-order chi connectivity index (χ0) is 14.4. The Morgan fingerprint density at radius 2 is 1.90 bits per heavy atom. The molecule has 1 aromatic rings. The van der Waals surface area contributed by atoms with Gasteiger partial charge in [0.25, 0.3) is 0 Å². The van der Waals surface area contributed by atoms with E-state index >= 15 is 0 Å². The van der Waals surface area contributed by atoms with Crippen LogP contribution in [-0.2, 0) is 11.2 Å². The molecule has 0 bridgehead atoms. The average Bonchev–Trinajstić information content (AvgIpc) is 2.48. The summed E-state index contributed by atoms with van der Waals surface area (Å²) in [5.41, 5.74) is 0.897. The van der Waals surface area contributed by atoms with E-state index in [0.29, 0.717) is 0 Å². The van der Waals surface area contributed by atoms with Gasteiger partial charge in [-0.15, -0.1) is 0 Å². The molecule has 1 aliphatic rings. The van der Waals surface area contributed by atoms with Crippen LogP contribution >= 0.6 is 0 Å². The summed E-state index contributed by atoms with van der Waals surface area (Å²) in [6.07, 6.45) is 4.41. The van der Waals surface area contributed by atoms with Crippen LogP contribution in [0.1, 0.15) is 38.2 Å². The Balaban J connectivity index is 1.83. The number of rotatable bonds is 6. The first-order chi connectivity index (χ1) is 9.66. The van der Waals surface area contributed by atoms with Crippen molar-refractivity contribution in [3.05, 3.63) is 35.9 Å². The van der Waals surface area contributed by atoms with Crippen LogP contribution in [0.5, 0.6) is 0 Å². The molecule has 3 heteroatoms. The smallest absolute Gasteiger partial charge is 0.309 e. The molecule has 0 aliphatic carbocycles. The van der Waals surface area contributed by atoms with Crippen LogP contribution in [0.4, 0.5) is 0 Å². The molecule has 0 amide bonds. The summed E-state index contributed by atoms with van der Waals surface area (Å²) in [5.74, 6) is -0.595. The Morgan fingerprint density at radius 1 is 1.25 bits per heavy atom. The Kier molecular flexibility index (Phi) is 5.18. The van der Waals surface area contributed by atoms with E-state index < -0.39 is 11.4 Å². The molecule has 110 valence electrons. The van der Waals surface area contributed by atoms with Gasteiger partial charge in [-0.05, 0) is 44.3 Å². The second kappa shape index (κ2) is 6.89. The fourth-order valence-corrected chi connectivity index (χ4v) is 3.19. The number of benzene rings is 1. The third kappa shape index (κ3) is 3.60. The second-order valence-electron chi connectivity index (χ2n) is 5.91. The van der Waals surface area contributed by atoms with Gasteiger partial charge in [0, 0.05) is 6.54 Å². The predicted octanol–water partition coefficient (Wildman–Crippen LogP) is 3.20. The number of carboxylic acid groups (broad SMARTS) is 1. The number of piperidine rings is 1. The minimum Gasteiger partial charge on any atom is -0.481 e. The van der Waals surface area contributed by atoms with E-state index in [1.165, 1.54) is 5.56 Å². The fourth-order valence-electron chi connectivity index (χ4n) is 3.19. The van der Waals surface area contributed by atoms with Crippen molar-refractivity contribution in [1.82, 2.24) is 4.90 Å². The lowest BCUT2D eigenvalue weighted by molar-refractivity contribution is -0.152. The summed E-state index contributed by atoms with van der Waals surface area (Å²) in [6.45, 7) is 4.94. The molecule has 1 aromatic carbocycles. The molecule has 0 aromatic heterocycles. The van der Waals surface area contributed by atoms with Crippen LogP contribution in [-0.4, -0.2) is 35.6 Å². The van der Waals surface area contributed by atoms with E-state index in [9.17, 15) is 9.90 Å². The lowest BCUT2D eigenvalue weighted by Crippen LogP contribution is -2.44. The fraction of sp³-hybridized carbons (Fsp3) is 0.588. The van der Waals surface area contributed by atoms with Gasteiger partial charge in [0.05, 0.1) is 5.41 Å². The van der Waals surface area contributed by atoms with Gasteiger partial charge >= 0.3 is 5.97 Å². The van der Waals surface area contributed by atoms with Crippen LogP contribution in [0.15, 0.2) is 30.3 Å². The van der Waals surface area contributed by atoms with Crippen molar-refractivity contribution in [1.29, 1.82) is 0 Å². The van der Waals surface area contributed by atoms with Crippen molar-refractivity contribution in [2.45, 2.75) is 39.0 Å². The Labute approximate surface area is 121 Å². The van der Waals surface area contributed by atoms with Crippen molar-refractivity contribution in [3.63, 3.8) is 0 Å². The van der Waals surface area contributed by atoms with E-state index in [4.69, 9.17) is 0 Å². The number of hydrogen-bond donors (Lipinski definition) is 1. The van der Waals surface area contributed by atoms with Crippen LogP contribution in [0.3, 0.4) is 0 Å². The molecule has 20 heavy (non-hydrogen) atoms. The minimum absolute atomic E-state index is 0.460. The first-order valence-electron chi connectivity index (χ1n) is 7.66. The molecule has 0 radical (unpaired) electrons. The maximum absolute atomic E-state index is 11.5. The molecule has 3 nitrogen and oxygen atoms in total. The van der Waals surface area contributed by atoms with Gasteiger partial charge in [-0.25, -0.2) is 0 Å². The van der Waals surface area contributed by atoms with E-state index in [1.807, 2.05) is 6.07 Å². The lowest BCUT2D eigenvalue weighted by Gasteiger charge is -2.38. The maximum Gasteiger partial charge on any atom is 0.309 e. The Morgan fingerprint density at radius 3 is 2.45 bits per heavy atom. The molecule has 0 unspecified atom stereocenters. The zero-order valence-electron chi connectivity index (χ0n) is 12.3. The Bertz CT molecular complexity index is 422. The SMILES string of the molecule is CCCC1(C(=O)O)CCN(CCc2ccccc2)CC1. The third-order valence-electron chi connectivity index (χ3n) is 4.55. The number of hydrogen-bond acceptors (Lipinski definition) is 2. The second-order valence-corrected chi connectivity index (χ2v) is 5.91.